The molecule has 0 spiro atoms. The molecule has 112 valence electrons. The third-order valence-corrected chi connectivity index (χ3v) is 4.29. The van der Waals surface area contributed by atoms with Crippen molar-refractivity contribution in [3.8, 4) is 0 Å². The number of hydrogen-bond acceptors (Lipinski definition) is 6. The minimum atomic E-state index is -0.215. The smallest absolute Gasteiger partial charge is 0.311 e. The molecular weight excluding hydrogens is 276 g/mol. The highest BCUT2D eigenvalue weighted by atomic mass is 32.1. The number of aromatic nitrogens is 1. The third kappa shape index (κ3) is 4.45. The minimum Gasteiger partial charge on any atom is -0.466 e. The summed E-state index contributed by atoms with van der Waals surface area (Å²) in [4.78, 5) is 18.1. The van der Waals surface area contributed by atoms with E-state index in [-0.39, 0.29) is 12.4 Å². The standard InChI is InChI=1S/C14H22N2O3S/c1-3-19-13(17)7-12-10-20-14(15-12)16(2)8-11-5-4-6-18-9-11/h10-11H,3-9H2,1-2H3. The van der Waals surface area contributed by atoms with Gasteiger partial charge in [0.15, 0.2) is 5.13 Å². The van der Waals surface area contributed by atoms with Gasteiger partial charge in [0, 0.05) is 25.6 Å². The molecule has 1 aliphatic rings. The van der Waals surface area contributed by atoms with Crippen molar-refractivity contribution < 1.29 is 14.3 Å². The topological polar surface area (TPSA) is 51.7 Å². The lowest BCUT2D eigenvalue weighted by Crippen LogP contribution is -2.30. The summed E-state index contributed by atoms with van der Waals surface area (Å²) in [7, 11) is 2.04. The van der Waals surface area contributed by atoms with E-state index in [1.807, 2.05) is 19.4 Å². The number of esters is 1. The Balaban J connectivity index is 1.85. The second kappa shape index (κ2) is 7.59. The SMILES string of the molecule is CCOC(=O)Cc1csc(N(C)CC2CCCOC2)n1. The molecule has 1 aromatic heterocycles. The number of rotatable bonds is 6. The van der Waals surface area contributed by atoms with E-state index in [4.69, 9.17) is 9.47 Å². The third-order valence-electron chi connectivity index (χ3n) is 3.28. The van der Waals surface area contributed by atoms with Crippen molar-refractivity contribution in [2.45, 2.75) is 26.2 Å². The van der Waals surface area contributed by atoms with Gasteiger partial charge in [0.05, 0.1) is 25.3 Å². The average Bonchev–Trinajstić information content (AvgIpc) is 2.88. The maximum atomic E-state index is 11.4. The molecule has 0 N–H and O–H groups in total. The van der Waals surface area contributed by atoms with Crippen LogP contribution in [-0.4, -0.2) is 44.4 Å². The zero-order valence-corrected chi connectivity index (χ0v) is 12.9. The molecule has 0 radical (unpaired) electrons. The summed E-state index contributed by atoms with van der Waals surface area (Å²) < 4.78 is 10.4. The fourth-order valence-electron chi connectivity index (χ4n) is 2.33. The van der Waals surface area contributed by atoms with Crippen molar-refractivity contribution in [1.29, 1.82) is 0 Å². The molecule has 1 saturated heterocycles. The Labute approximate surface area is 123 Å². The maximum Gasteiger partial charge on any atom is 0.311 e. The van der Waals surface area contributed by atoms with Crippen LogP contribution in [0.15, 0.2) is 5.38 Å². The van der Waals surface area contributed by atoms with Gasteiger partial charge in [-0.3, -0.25) is 4.79 Å². The Morgan fingerprint density at radius 1 is 1.65 bits per heavy atom. The summed E-state index contributed by atoms with van der Waals surface area (Å²) >= 11 is 1.57. The summed E-state index contributed by atoms with van der Waals surface area (Å²) in [6.07, 6.45) is 2.61. The van der Waals surface area contributed by atoms with Crippen molar-refractivity contribution in [1.82, 2.24) is 4.98 Å². The molecule has 0 aromatic carbocycles. The van der Waals surface area contributed by atoms with E-state index in [2.05, 4.69) is 9.88 Å². The van der Waals surface area contributed by atoms with E-state index >= 15 is 0 Å². The lowest BCUT2D eigenvalue weighted by Gasteiger charge is -2.26. The molecule has 0 saturated carbocycles. The van der Waals surface area contributed by atoms with Gasteiger partial charge < -0.3 is 14.4 Å². The molecule has 2 heterocycles. The highest BCUT2D eigenvalue weighted by Gasteiger charge is 2.18. The van der Waals surface area contributed by atoms with Crippen molar-refractivity contribution in [2.75, 3.05) is 38.3 Å². The van der Waals surface area contributed by atoms with Gasteiger partial charge in [-0.1, -0.05) is 0 Å². The second-order valence-electron chi connectivity index (χ2n) is 5.07. The summed E-state index contributed by atoms with van der Waals surface area (Å²) in [5.74, 6) is 0.360. The number of carbonyl (C=O) groups is 1. The van der Waals surface area contributed by atoms with Crippen LogP contribution in [-0.2, 0) is 20.7 Å². The molecule has 1 unspecified atom stereocenters. The molecule has 0 bridgehead atoms. The van der Waals surface area contributed by atoms with Crippen LogP contribution in [0, 0.1) is 5.92 Å². The fourth-order valence-corrected chi connectivity index (χ4v) is 3.13. The van der Waals surface area contributed by atoms with Crippen LogP contribution in [0.25, 0.3) is 0 Å². The van der Waals surface area contributed by atoms with E-state index < -0.39 is 0 Å². The number of hydrogen-bond donors (Lipinski definition) is 0. The molecule has 1 atom stereocenters. The van der Waals surface area contributed by atoms with Crippen LogP contribution < -0.4 is 4.90 Å². The van der Waals surface area contributed by atoms with E-state index in [0.29, 0.717) is 12.5 Å². The Morgan fingerprint density at radius 2 is 2.50 bits per heavy atom. The second-order valence-corrected chi connectivity index (χ2v) is 5.90. The fraction of sp³-hybridized carbons (Fsp3) is 0.714. The number of anilines is 1. The van der Waals surface area contributed by atoms with E-state index in [9.17, 15) is 4.79 Å². The Kier molecular flexibility index (Phi) is 5.79. The van der Waals surface area contributed by atoms with Gasteiger partial charge in [0.25, 0.3) is 0 Å². The Morgan fingerprint density at radius 3 is 3.20 bits per heavy atom. The van der Waals surface area contributed by atoms with Gasteiger partial charge in [0.1, 0.15) is 0 Å². The number of carbonyl (C=O) groups excluding carboxylic acids is 1. The number of ether oxygens (including phenoxy) is 2. The first-order valence-electron chi connectivity index (χ1n) is 7.08. The lowest BCUT2D eigenvalue weighted by atomic mass is 10.0. The van der Waals surface area contributed by atoms with Gasteiger partial charge in [0.2, 0.25) is 0 Å². The molecule has 6 heteroatoms. The zero-order chi connectivity index (χ0) is 14.4. The summed E-state index contributed by atoms with van der Waals surface area (Å²) in [5, 5.41) is 2.88. The van der Waals surface area contributed by atoms with Crippen LogP contribution in [0.4, 0.5) is 5.13 Å². The van der Waals surface area contributed by atoms with Crippen molar-refractivity contribution in [3.63, 3.8) is 0 Å². The average molecular weight is 298 g/mol. The molecule has 0 aliphatic carbocycles. The predicted molar refractivity (Wildman–Crippen MR) is 79.3 cm³/mol. The van der Waals surface area contributed by atoms with E-state index in [1.54, 1.807) is 11.3 Å². The predicted octanol–water partition coefficient (Wildman–Crippen LogP) is 2.11. The van der Waals surface area contributed by atoms with Crippen LogP contribution in [0.5, 0.6) is 0 Å². The van der Waals surface area contributed by atoms with E-state index in [0.717, 1.165) is 37.0 Å². The molecule has 20 heavy (non-hydrogen) atoms. The number of nitrogens with zero attached hydrogens (tertiary/aromatic N) is 2. The molecule has 1 aromatic rings. The normalized spacial score (nSPS) is 18.8. The van der Waals surface area contributed by atoms with Gasteiger partial charge >= 0.3 is 5.97 Å². The molecule has 2 rings (SSSR count). The maximum absolute atomic E-state index is 11.4. The van der Waals surface area contributed by atoms with Gasteiger partial charge in [-0.05, 0) is 25.7 Å². The molecule has 1 aliphatic heterocycles. The number of thiazole rings is 1. The highest BCUT2D eigenvalue weighted by molar-refractivity contribution is 7.13. The first-order chi connectivity index (χ1) is 9.69. The monoisotopic (exact) mass is 298 g/mol. The van der Waals surface area contributed by atoms with Crippen molar-refractivity contribution in [2.24, 2.45) is 5.92 Å². The first-order valence-corrected chi connectivity index (χ1v) is 7.96. The quantitative estimate of drug-likeness (QED) is 0.753. The Bertz CT molecular complexity index is 430. The Hall–Kier alpha value is -1.14. The lowest BCUT2D eigenvalue weighted by molar-refractivity contribution is -0.142. The van der Waals surface area contributed by atoms with Crippen LogP contribution >= 0.6 is 11.3 Å². The largest absolute Gasteiger partial charge is 0.466 e. The molecule has 1 fully saturated rings. The molecular formula is C14H22N2O3S. The van der Waals surface area contributed by atoms with Gasteiger partial charge in [-0.15, -0.1) is 11.3 Å². The van der Waals surface area contributed by atoms with Gasteiger partial charge in [-0.25, -0.2) is 4.98 Å². The summed E-state index contributed by atoms with van der Waals surface area (Å²) in [5.41, 5.74) is 0.787. The highest BCUT2D eigenvalue weighted by Crippen LogP contribution is 2.23. The first kappa shape index (κ1) is 15.3. The molecule has 5 nitrogen and oxygen atoms in total. The van der Waals surface area contributed by atoms with E-state index in [1.165, 1.54) is 6.42 Å². The van der Waals surface area contributed by atoms with Crippen LogP contribution in [0.1, 0.15) is 25.5 Å². The van der Waals surface area contributed by atoms with Crippen molar-refractivity contribution in [3.05, 3.63) is 11.1 Å². The van der Waals surface area contributed by atoms with Crippen LogP contribution in [0.2, 0.25) is 0 Å². The van der Waals surface area contributed by atoms with Gasteiger partial charge in [-0.2, -0.15) is 0 Å². The van der Waals surface area contributed by atoms with Crippen LogP contribution in [0.3, 0.4) is 0 Å². The summed E-state index contributed by atoms with van der Waals surface area (Å²) in [6.45, 7) is 4.90. The molecule has 0 amide bonds. The minimum absolute atomic E-state index is 0.215. The summed E-state index contributed by atoms with van der Waals surface area (Å²) in [6, 6.07) is 0. The van der Waals surface area contributed by atoms with Crippen molar-refractivity contribution >= 4 is 22.4 Å². The zero-order valence-electron chi connectivity index (χ0n) is 12.1.